The van der Waals surface area contributed by atoms with Crippen LogP contribution in [0.1, 0.15) is 30.8 Å². The number of anilines is 3. The number of aromatic nitrogens is 6. The fourth-order valence-corrected chi connectivity index (χ4v) is 3.17. The van der Waals surface area contributed by atoms with Crippen LogP contribution in [0.2, 0.25) is 0 Å². The van der Waals surface area contributed by atoms with Crippen LogP contribution in [0.25, 0.3) is 22.9 Å². The van der Waals surface area contributed by atoms with Crippen LogP contribution in [0.15, 0.2) is 48.8 Å². The summed E-state index contributed by atoms with van der Waals surface area (Å²) in [6.07, 6.45) is -7.25. The fraction of sp³-hybridized carbons (Fsp3) is 0.217. The van der Waals surface area contributed by atoms with Gasteiger partial charge in [-0.2, -0.15) is 36.3 Å². The summed E-state index contributed by atoms with van der Waals surface area (Å²) >= 11 is 0. The molecule has 0 atom stereocenters. The maximum atomic E-state index is 13.3. The molecule has 0 aliphatic rings. The lowest BCUT2D eigenvalue weighted by molar-refractivity contribution is -0.141. The molecule has 38 heavy (non-hydrogen) atoms. The lowest BCUT2D eigenvalue weighted by atomic mass is 9.98. The van der Waals surface area contributed by atoms with E-state index in [0.29, 0.717) is 11.6 Å². The van der Waals surface area contributed by atoms with Gasteiger partial charge in [-0.3, -0.25) is 4.98 Å². The maximum Gasteiger partial charge on any atom is 0.433 e. The standard InChI is InChI=1S/C23H18F6N8O/c1-21(2,38)11-8-13(17(30)32-10-11)18-35-19(14-4-3-5-15(34-14)22(24,25)26)37-20(36-18)33-12-6-7-31-16(9-12)23(27,28)29/h3-10,38H,1-2H3,(H2,30,32)(H,31,33,35,36,37). The van der Waals surface area contributed by atoms with Gasteiger partial charge in [-0.1, -0.05) is 6.07 Å². The van der Waals surface area contributed by atoms with E-state index in [-0.39, 0.29) is 40.4 Å². The van der Waals surface area contributed by atoms with E-state index in [0.717, 1.165) is 18.3 Å². The van der Waals surface area contributed by atoms with Crippen molar-refractivity contribution in [2.45, 2.75) is 31.8 Å². The highest BCUT2D eigenvalue weighted by atomic mass is 19.4. The zero-order valence-electron chi connectivity index (χ0n) is 19.6. The van der Waals surface area contributed by atoms with Gasteiger partial charge < -0.3 is 16.2 Å². The Morgan fingerprint density at radius 1 is 0.816 bits per heavy atom. The normalized spacial score (nSPS) is 12.4. The molecule has 9 nitrogen and oxygen atoms in total. The summed E-state index contributed by atoms with van der Waals surface area (Å²) in [7, 11) is 0. The predicted octanol–water partition coefficient (Wildman–Crippen LogP) is 4.98. The Morgan fingerprint density at radius 3 is 2.16 bits per heavy atom. The molecule has 0 saturated carbocycles. The summed E-state index contributed by atoms with van der Waals surface area (Å²) in [4.78, 5) is 23.3. The Morgan fingerprint density at radius 2 is 1.50 bits per heavy atom. The van der Waals surface area contributed by atoms with Crippen LogP contribution in [-0.4, -0.2) is 35.0 Å². The first kappa shape index (κ1) is 26.7. The van der Waals surface area contributed by atoms with E-state index in [4.69, 9.17) is 5.73 Å². The number of pyridine rings is 3. The SMILES string of the molecule is CC(C)(O)c1cnc(N)c(-c2nc(Nc3ccnc(C(F)(F)F)c3)nc(-c3cccc(C(F)(F)F)n3)n2)c1. The van der Waals surface area contributed by atoms with Gasteiger partial charge in [0.1, 0.15) is 22.9 Å². The van der Waals surface area contributed by atoms with Gasteiger partial charge in [0.05, 0.1) is 11.2 Å². The molecule has 0 aliphatic heterocycles. The van der Waals surface area contributed by atoms with Crippen LogP contribution in [0, 0.1) is 0 Å². The van der Waals surface area contributed by atoms with Gasteiger partial charge in [0, 0.05) is 23.6 Å². The molecule has 0 saturated heterocycles. The van der Waals surface area contributed by atoms with Gasteiger partial charge >= 0.3 is 12.4 Å². The van der Waals surface area contributed by atoms with E-state index in [1.54, 1.807) is 0 Å². The average molecular weight is 536 g/mol. The highest BCUT2D eigenvalue weighted by Crippen LogP contribution is 2.33. The number of hydrogen-bond donors (Lipinski definition) is 3. The van der Waals surface area contributed by atoms with Crippen LogP contribution in [0.4, 0.5) is 43.8 Å². The van der Waals surface area contributed by atoms with E-state index in [9.17, 15) is 31.4 Å². The number of aliphatic hydroxyl groups is 1. The number of hydrogen-bond acceptors (Lipinski definition) is 9. The lowest BCUT2D eigenvalue weighted by Gasteiger charge is -2.18. The van der Waals surface area contributed by atoms with Crippen LogP contribution in [-0.2, 0) is 18.0 Å². The topological polar surface area (TPSA) is 136 Å². The molecule has 4 heterocycles. The van der Waals surface area contributed by atoms with Gasteiger partial charge in [0.2, 0.25) is 5.95 Å². The second-order valence-electron chi connectivity index (χ2n) is 8.48. The molecule has 0 amide bonds. The molecule has 0 unspecified atom stereocenters. The summed E-state index contributed by atoms with van der Waals surface area (Å²) in [5.74, 6) is -0.919. The summed E-state index contributed by atoms with van der Waals surface area (Å²) in [5, 5.41) is 13.0. The van der Waals surface area contributed by atoms with Gasteiger partial charge in [0.15, 0.2) is 11.6 Å². The van der Waals surface area contributed by atoms with Crippen molar-refractivity contribution in [1.82, 2.24) is 29.9 Å². The van der Waals surface area contributed by atoms with E-state index in [1.165, 1.54) is 38.2 Å². The summed E-state index contributed by atoms with van der Waals surface area (Å²) in [6, 6.07) is 6.43. The predicted molar refractivity (Wildman–Crippen MR) is 123 cm³/mol. The minimum Gasteiger partial charge on any atom is -0.386 e. The zero-order chi connectivity index (χ0) is 27.9. The van der Waals surface area contributed by atoms with Crippen molar-refractivity contribution in [2.24, 2.45) is 0 Å². The van der Waals surface area contributed by atoms with Gasteiger partial charge in [-0.25, -0.2) is 15.0 Å². The van der Waals surface area contributed by atoms with Crippen molar-refractivity contribution in [1.29, 1.82) is 0 Å². The summed E-state index contributed by atoms with van der Waals surface area (Å²) < 4.78 is 79.1. The van der Waals surface area contributed by atoms with Crippen molar-refractivity contribution in [3.8, 4) is 22.9 Å². The Balaban J connectivity index is 1.88. The maximum absolute atomic E-state index is 13.3. The second kappa shape index (κ2) is 9.48. The van der Waals surface area contributed by atoms with Gasteiger partial charge in [-0.15, -0.1) is 0 Å². The van der Waals surface area contributed by atoms with Gasteiger partial charge in [0.25, 0.3) is 0 Å². The minimum absolute atomic E-state index is 0.0821. The average Bonchev–Trinajstić information content (AvgIpc) is 2.82. The molecule has 0 aliphatic carbocycles. The molecule has 4 rings (SSSR count). The van der Waals surface area contributed by atoms with Crippen molar-refractivity contribution in [3.05, 3.63) is 65.7 Å². The quantitative estimate of drug-likeness (QED) is 0.302. The molecule has 4 aromatic heterocycles. The number of nitrogens with zero attached hydrogens (tertiary/aromatic N) is 6. The third-order valence-corrected chi connectivity index (χ3v) is 5.08. The van der Waals surface area contributed by atoms with Crippen molar-refractivity contribution in [2.75, 3.05) is 11.1 Å². The lowest BCUT2D eigenvalue weighted by Crippen LogP contribution is -2.16. The number of alkyl halides is 6. The first-order valence-electron chi connectivity index (χ1n) is 10.7. The monoisotopic (exact) mass is 536 g/mol. The fourth-order valence-electron chi connectivity index (χ4n) is 3.17. The molecule has 0 aromatic carbocycles. The summed E-state index contributed by atoms with van der Waals surface area (Å²) in [5.41, 5.74) is 2.26. The number of nitrogens with two attached hydrogens (primary N) is 1. The number of nitrogen functional groups attached to an aromatic ring is 1. The molecular weight excluding hydrogens is 518 g/mol. The zero-order valence-corrected chi connectivity index (χ0v) is 19.6. The molecule has 0 bridgehead atoms. The van der Waals surface area contributed by atoms with E-state index < -0.39 is 29.3 Å². The first-order chi connectivity index (χ1) is 17.6. The van der Waals surface area contributed by atoms with Crippen LogP contribution >= 0.6 is 0 Å². The largest absolute Gasteiger partial charge is 0.433 e. The van der Waals surface area contributed by atoms with Crippen LogP contribution in [0.3, 0.4) is 0 Å². The molecule has 4 aromatic rings. The van der Waals surface area contributed by atoms with Gasteiger partial charge in [-0.05, 0) is 44.2 Å². The number of nitrogens with one attached hydrogen (secondary N) is 1. The van der Waals surface area contributed by atoms with Crippen LogP contribution < -0.4 is 11.1 Å². The molecule has 0 spiro atoms. The third kappa shape index (κ3) is 5.94. The Labute approximate surface area is 210 Å². The first-order valence-corrected chi connectivity index (χ1v) is 10.7. The number of halogens is 6. The minimum atomic E-state index is -4.76. The molecular formula is C23H18F6N8O. The van der Waals surface area contributed by atoms with E-state index in [1.807, 2.05) is 0 Å². The molecule has 198 valence electrons. The molecule has 4 N–H and O–H groups in total. The highest BCUT2D eigenvalue weighted by molar-refractivity contribution is 5.71. The Kier molecular flexibility index (Phi) is 6.65. The molecule has 0 radical (unpaired) electrons. The molecule has 15 heteroatoms. The summed E-state index contributed by atoms with van der Waals surface area (Å²) in [6.45, 7) is 2.98. The highest BCUT2D eigenvalue weighted by Gasteiger charge is 2.33. The molecule has 0 fully saturated rings. The van der Waals surface area contributed by atoms with Crippen LogP contribution in [0.5, 0.6) is 0 Å². The van der Waals surface area contributed by atoms with E-state index >= 15 is 0 Å². The third-order valence-electron chi connectivity index (χ3n) is 5.08. The second-order valence-corrected chi connectivity index (χ2v) is 8.48. The Bertz CT molecular complexity index is 1480. The Hall–Kier alpha value is -4.40. The van der Waals surface area contributed by atoms with Crippen molar-refractivity contribution < 1.29 is 31.4 Å². The smallest absolute Gasteiger partial charge is 0.386 e. The van der Waals surface area contributed by atoms with Crippen molar-refractivity contribution in [3.63, 3.8) is 0 Å². The number of rotatable bonds is 5. The van der Waals surface area contributed by atoms with Crippen molar-refractivity contribution >= 4 is 17.5 Å². The van der Waals surface area contributed by atoms with E-state index in [2.05, 4.69) is 35.2 Å².